The third-order valence-corrected chi connectivity index (χ3v) is 5.92. The molecule has 0 spiro atoms. The summed E-state index contributed by atoms with van der Waals surface area (Å²) in [7, 11) is 1.32. The molecule has 0 aliphatic carbocycles. The minimum Gasteiger partial charge on any atom is -0.465 e. The van der Waals surface area contributed by atoms with Gasteiger partial charge in [0.25, 0.3) is 0 Å². The van der Waals surface area contributed by atoms with Crippen LogP contribution in [0.3, 0.4) is 0 Å². The summed E-state index contributed by atoms with van der Waals surface area (Å²) in [5, 5.41) is 0.0582. The highest BCUT2D eigenvalue weighted by atomic mass is 19.1. The summed E-state index contributed by atoms with van der Waals surface area (Å²) in [4.78, 5) is 23.6. The Labute approximate surface area is 188 Å². The fraction of sp³-hybridized carbons (Fsp3) is 0.292. The van der Waals surface area contributed by atoms with Crippen molar-refractivity contribution in [3.63, 3.8) is 0 Å². The van der Waals surface area contributed by atoms with Crippen LogP contribution in [0.4, 0.5) is 14.5 Å². The number of hydrogen-bond donors (Lipinski definition) is 0. The number of imidazole rings is 1. The maximum Gasteiger partial charge on any atom is 0.340 e. The number of anilines is 1. The van der Waals surface area contributed by atoms with Gasteiger partial charge in [-0.3, -0.25) is 9.55 Å². The Morgan fingerprint density at radius 3 is 2.61 bits per heavy atom. The lowest BCUT2D eigenvalue weighted by molar-refractivity contribution is 0.0603. The molecule has 2 aromatic carbocycles. The van der Waals surface area contributed by atoms with Gasteiger partial charge in [-0.15, -0.1) is 0 Å². The van der Waals surface area contributed by atoms with Gasteiger partial charge >= 0.3 is 5.97 Å². The normalized spacial score (nSPS) is 14.2. The van der Waals surface area contributed by atoms with Gasteiger partial charge in [0.2, 0.25) is 0 Å². The van der Waals surface area contributed by atoms with Crippen molar-refractivity contribution in [1.29, 1.82) is 0 Å². The lowest BCUT2D eigenvalue weighted by atomic mass is 10.1. The molecule has 0 bridgehead atoms. The van der Waals surface area contributed by atoms with E-state index in [9.17, 15) is 13.6 Å². The Kier molecular flexibility index (Phi) is 5.41. The van der Waals surface area contributed by atoms with Gasteiger partial charge in [0, 0.05) is 31.4 Å². The fourth-order valence-electron chi connectivity index (χ4n) is 4.35. The number of aromatic nitrogens is 3. The first-order valence-corrected chi connectivity index (χ1v) is 10.7. The van der Waals surface area contributed by atoms with Crippen molar-refractivity contribution < 1.29 is 23.0 Å². The van der Waals surface area contributed by atoms with Gasteiger partial charge in [0.1, 0.15) is 28.5 Å². The smallest absolute Gasteiger partial charge is 0.340 e. The van der Waals surface area contributed by atoms with E-state index < -0.39 is 17.6 Å². The highest BCUT2D eigenvalue weighted by Crippen LogP contribution is 2.34. The number of esters is 1. The number of carbonyl (C=O) groups excluding carboxylic acids is 1. The molecule has 0 atom stereocenters. The van der Waals surface area contributed by atoms with Crippen LogP contribution in [0.2, 0.25) is 0 Å². The number of rotatable bonds is 4. The van der Waals surface area contributed by atoms with Crippen molar-refractivity contribution in [3.05, 3.63) is 59.6 Å². The van der Waals surface area contributed by atoms with Gasteiger partial charge < -0.3 is 14.4 Å². The second-order valence-corrected chi connectivity index (χ2v) is 7.75. The summed E-state index contributed by atoms with van der Waals surface area (Å²) < 4.78 is 41.7. The first kappa shape index (κ1) is 21.3. The molecule has 170 valence electrons. The highest BCUT2D eigenvalue weighted by molar-refractivity contribution is 6.05. The zero-order chi connectivity index (χ0) is 23.1. The van der Waals surface area contributed by atoms with Crippen LogP contribution in [-0.2, 0) is 15.9 Å². The minimum absolute atomic E-state index is 0.0582. The number of nitrogens with zero attached hydrogens (tertiary/aromatic N) is 4. The van der Waals surface area contributed by atoms with Gasteiger partial charge in [-0.05, 0) is 30.3 Å². The lowest BCUT2D eigenvalue weighted by Crippen LogP contribution is -2.36. The molecule has 33 heavy (non-hydrogen) atoms. The number of carbonyl (C=O) groups is 1. The van der Waals surface area contributed by atoms with Gasteiger partial charge in [-0.2, -0.15) is 0 Å². The Hall–Kier alpha value is -3.59. The number of methoxy groups -OCH3 is 1. The summed E-state index contributed by atoms with van der Waals surface area (Å²) in [6.45, 7) is 4.39. The van der Waals surface area contributed by atoms with Crippen LogP contribution in [0.5, 0.6) is 0 Å². The second-order valence-electron chi connectivity index (χ2n) is 7.75. The van der Waals surface area contributed by atoms with E-state index in [0.717, 1.165) is 17.8 Å². The number of ether oxygens (including phenoxy) is 2. The van der Waals surface area contributed by atoms with E-state index in [1.54, 1.807) is 16.7 Å². The molecule has 1 fully saturated rings. The van der Waals surface area contributed by atoms with Gasteiger partial charge in [0.05, 0.1) is 42.5 Å². The quantitative estimate of drug-likeness (QED) is 0.436. The predicted octanol–water partition coefficient (Wildman–Crippen LogP) is 4.04. The Morgan fingerprint density at radius 2 is 1.88 bits per heavy atom. The van der Waals surface area contributed by atoms with Crippen LogP contribution < -0.4 is 4.90 Å². The molecule has 1 saturated heterocycles. The number of hydrogen-bond acceptors (Lipinski definition) is 6. The third kappa shape index (κ3) is 3.48. The van der Waals surface area contributed by atoms with Crippen LogP contribution in [0.1, 0.15) is 23.1 Å². The van der Waals surface area contributed by atoms with Crippen LogP contribution >= 0.6 is 0 Å². The molecule has 1 aliphatic rings. The minimum atomic E-state index is -0.611. The SMILES string of the molecule is CCc1nc2c(C(=O)OC)cc(N3CCOCC3)cc2n1-c1ccnc2c(F)ccc(F)c12. The molecule has 4 aromatic rings. The number of morpholine rings is 1. The van der Waals surface area contributed by atoms with Gasteiger partial charge in [0.15, 0.2) is 0 Å². The summed E-state index contributed by atoms with van der Waals surface area (Å²) in [6.07, 6.45) is 1.95. The summed E-state index contributed by atoms with van der Waals surface area (Å²) in [5.74, 6) is -1.11. The molecule has 5 rings (SSSR count). The average molecular weight is 452 g/mol. The van der Waals surface area contributed by atoms with Crippen LogP contribution in [0, 0.1) is 11.6 Å². The topological polar surface area (TPSA) is 69.5 Å². The van der Waals surface area contributed by atoms with E-state index in [1.165, 1.54) is 13.3 Å². The number of fused-ring (bicyclic) bond motifs is 2. The maximum atomic E-state index is 14.9. The zero-order valence-electron chi connectivity index (χ0n) is 18.3. The van der Waals surface area contributed by atoms with E-state index in [1.807, 2.05) is 13.0 Å². The Bertz CT molecular complexity index is 1380. The van der Waals surface area contributed by atoms with Gasteiger partial charge in [-0.1, -0.05) is 6.92 Å². The largest absolute Gasteiger partial charge is 0.465 e. The van der Waals surface area contributed by atoms with E-state index in [4.69, 9.17) is 14.5 Å². The third-order valence-electron chi connectivity index (χ3n) is 5.92. The molecule has 7 nitrogen and oxygen atoms in total. The number of aryl methyl sites for hydroxylation is 1. The average Bonchev–Trinajstić information content (AvgIpc) is 3.24. The van der Waals surface area contributed by atoms with Crippen LogP contribution in [0.15, 0.2) is 36.5 Å². The molecule has 0 unspecified atom stereocenters. The maximum absolute atomic E-state index is 14.9. The van der Waals surface area contributed by atoms with Crippen molar-refractivity contribution in [3.8, 4) is 5.69 Å². The molecule has 0 amide bonds. The summed E-state index contributed by atoms with van der Waals surface area (Å²) in [5.41, 5.74) is 2.51. The molecular formula is C24H22F2N4O3. The van der Waals surface area contributed by atoms with E-state index in [-0.39, 0.29) is 10.9 Å². The molecular weight excluding hydrogens is 430 g/mol. The molecule has 3 heterocycles. The van der Waals surface area contributed by atoms with Crippen molar-refractivity contribution in [2.24, 2.45) is 0 Å². The Morgan fingerprint density at radius 1 is 1.12 bits per heavy atom. The molecule has 0 N–H and O–H groups in total. The number of benzene rings is 2. The van der Waals surface area contributed by atoms with E-state index >= 15 is 0 Å². The Balaban J connectivity index is 1.86. The molecule has 0 radical (unpaired) electrons. The van der Waals surface area contributed by atoms with Crippen molar-refractivity contribution in [1.82, 2.24) is 14.5 Å². The number of pyridine rings is 1. The monoisotopic (exact) mass is 452 g/mol. The number of halogens is 2. The molecule has 9 heteroatoms. The molecule has 0 saturated carbocycles. The fourth-order valence-corrected chi connectivity index (χ4v) is 4.35. The standard InChI is InChI=1S/C24H22F2N4O3/c1-3-20-28-22-15(24(31)32-2)12-14(29-8-10-33-11-9-29)13-19(22)30(20)18-6-7-27-23-17(26)5-4-16(25)21(18)23/h4-7,12-13H,3,8-11H2,1-2H3. The summed E-state index contributed by atoms with van der Waals surface area (Å²) >= 11 is 0. The first-order valence-electron chi connectivity index (χ1n) is 10.7. The van der Waals surface area contributed by atoms with Gasteiger partial charge in [-0.25, -0.2) is 18.6 Å². The van der Waals surface area contributed by atoms with E-state index in [0.29, 0.717) is 60.8 Å². The van der Waals surface area contributed by atoms with Crippen molar-refractivity contribution in [2.45, 2.75) is 13.3 Å². The van der Waals surface area contributed by atoms with E-state index in [2.05, 4.69) is 9.88 Å². The molecule has 1 aliphatic heterocycles. The summed E-state index contributed by atoms with van der Waals surface area (Å²) in [6, 6.07) is 7.47. The van der Waals surface area contributed by atoms with Crippen LogP contribution in [-0.4, -0.2) is 53.9 Å². The molecule has 2 aromatic heterocycles. The predicted molar refractivity (Wildman–Crippen MR) is 120 cm³/mol. The second kappa shape index (κ2) is 8.40. The first-order chi connectivity index (χ1) is 16.0. The van der Waals surface area contributed by atoms with Crippen LogP contribution in [0.25, 0.3) is 27.6 Å². The lowest BCUT2D eigenvalue weighted by Gasteiger charge is -2.29. The zero-order valence-corrected chi connectivity index (χ0v) is 18.3. The van der Waals surface area contributed by atoms with Crippen molar-refractivity contribution >= 4 is 33.6 Å². The van der Waals surface area contributed by atoms with Crippen molar-refractivity contribution in [2.75, 3.05) is 38.3 Å². The highest BCUT2D eigenvalue weighted by Gasteiger charge is 2.24.